The van der Waals surface area contributed by atoms with Crippen molar-refractivity contribution >= 4 is 11.9 Å². The van der Waals surface area contributed by atoms with Crippen molar-refractivity contribution in [2.75, 3.05) is 40.1 Å². The summed E-state index contributed by atoms with van der Waals surface area (Å²) in [5, 5.41) is 2.84. The third-order valence-corrected chi connectivity index (χ3v) is 6.23. The fourth-order valence-corrected chi connectivity index (χ4v) is 4.72. The standard InChI is InChI=1S/C26H30N2O6/c1-4-12-27-23(29)15-28-14-20(18-8-11-21-22(13-18)34-16-33-21)24(26(30)32-5-2)25(28)17-6-9-19(31-3)10-7-17/h4,6-11,13,20,24-25H,1,5,12,14-16H2,2-3H3,(H,27,29)/t20-,24-,25+/m1/s1. The zero-order valence-electron chi connectivity index (χ0n) is 19.5. The van der Waals surface area contributed by atoms with Gasteiger partial charge in [0.15, 0.2) is 11.5 Å². The number of likely N-dealkylation sites (tertiary alicyclic amines) is 1. The fourth-order valence-electron chi connectivity index (χ4n) is 4.72. The Kier molecular flexibility index (Phi) is 7.37. The van der Waals surface area contributed by atoms with Crippen LogP contribution < -0.4 is 19.5 Å². The fraction of sp³-hybridized carbons (Fsp3) is 0.385. The molecule has 34 heavy (non-hydrogen) atoms. The van der Waals surface area contributed by atoms with E-state index >= 15 is 0 Å². The highest BCUT2D eigenvalue weighted by molar-refractivity contribution is 5.79. The van der Waals surface area contributed by atoms with Crippen LogP contribution in [0.2, 0.25) is 0 Å². The Bertz CT molecular complexity index is 1040. The van der Waals surface area contributed by atoms with E-state index in [-0.39, 0.29) is 43.8 Å². The number of ether oxygens (including phenoxy) is 4. The van der Waals surface area contributed by atoms with E-state index in [1.165, 1.54) is 0 Å². The summed E-state index contributed by atoms with van der Waals surface area (Å²) in [6, 6.07) is 13.0. The Morgan fingerprint density at radius 2 is 1.88 bits per heavy atom. The molecule has 0 aromatic heterocycles. The Morgan fingerprint density at radius 3 is 2.59 bits per heavy atom. The van der Waals surface area contributed by atoms with Crippen LogP contribution in [0.3, 0.4) is 0 Å². The van der Waals surface area contributed by atoms with Gasteiger partial charge in [-0.3, -0.25) is 14.5 Å². The van der Waals surface area contributed by atoms with Crippen molar-refractivity contribution in [1.29, 1.82) is 0 Å². The van der Waals surface area contributed by atoms with E-state index in [2.05, 4.69) is 11.9 Å². The molecule has 3 atom stereocenters. The molecular weight excluding hydrogens is 436 g/mol. The minimum absolute atomic E-state index is 0.132. The predicted molar refractivity (Wildman–Crippen MR) is 126 cm³/mol. The van der Waals surface area contributed by atoms with E-state index in [0.29, 0.717) is 24.6 Å². The molecule has 2 aliphatic heterocycles. The number of benzene rings is 2. The molecule has 0 saturated carbocycles. The van der Waals surface area contributed by atoms with Crippen LogP contribution in [0.4, 0.5) is 0 Å². The number of carbonyl (C=O) groups excluding carboxylic acids is 2. The first-order valence-corrected chi connectivity index (χ1v) is 11.4. The smallest absolute Gasteiger partial charge is 0.311 e. The van der Waals surface area contributed by atoms with E-state index in [1.807, 2.05) is 47.4 Å². The summed E-state index contributed by atoms with van der Waals surface area (Å²) < 4.78 is 21.9. The third-order valence-electron chi connectivity index (χ3n) is 6.23. The summed E-state index contributed by atoms with van der Waals surface area (Å²) in [4.78, 5) is 28.0. The highest BCUT2D eigenvalue weighted by Crippen LogP contribution is 2.48. The summed E-state index contributed by atoms with van der Waals surface area (Å²) in [5.41, 5.74) is 1.86. The number of fused-ring (bicyclic) bond motifs is 1. The van der Waals surface area contributed by atoms with Crippen molar-refractivity contribution < 1.29 is 28.5 Å². The van der Waals surface area contributed by atoms with Gasteiger partial charge in [0.05, 0.1) is 26.2 Å². The lowest BCUT2D eigenvalue weighted by Crippen LogP contribution is -2.38. The molecule has 2 aliphatic rings. The van der Waals surface area contributed by atoms with E-state index in [4.69, 9.17) is 18.9 Å². The van der Waals surface area contributed by atoms with Crippen LogP contribution >= 0.6 is 0 Å². The second-order valence-corrected chi connectivity index (χ2v) is 8.24. The molecule has 4 rings (SSSR count). The highest BCUT2D eigenvalue weighted by Gasteiger charge is 2.48. The first-order chi connectivity index (χ1) is 16.5. The van der Waals surface area contributed by atoms with Crippen molar-refractivity contribution in [1.82, 2.24) is 10.2 Å². The first-order valence-electron chi connectivity index (χ1n) is 11.4. The summed E-state index contributed by atoms with van der Waals surface area (Å²) in [5.74, 6) is 0.920. The molecule has 180 valence electrons. The summed E-state index contributed by atoms with van der Waals surface area (Å²) in [7, 11) is 1.61. The molecule has 0 unspecified atom stereocenters. The number of rotatable bonds is 9. The molecule has 1 fully saturated rings. The first kappa shape index (κ1) is 23.6. The topological polar surface area (TPSA) is 86.3 Å². The van der Waals surface area contributed by atoms with Gasteiger partial charge in [-0.1, -0.05) is 24.3 Å². The zero-order chi connectivity index (χ0) is 24.1. The van der Waals surface area contributed by atoms with E-state index < -0.39 is 5.92 Å². The lowest BCUT2D eigenvalue weighted by atomic mass is 9.82. The molecular formula is C26H30N2O6. The Balaban J connectivity index is 1.73. The number of amides is 1. The summed E-state index contributed by atoms with van der Waals surface area (Å²) in [6.45, 7) is 6.93. The molecule has 0 spiro atoms. The number of hydrogen-bond donors (Lipinski definition) is 1. The maximum absolute atomic E-state index is 13.3. The SMILES string of the molecule is C=CCNC(=O)CN1C[C@H](c2ccc3c(c2)OCO3)[C@@H](C(=O)OCC)[C@@H]1c1ccc(OC)cc1. The molecule has 1 saturated heterocycles. The molecule has 0 radical (unpaired) electrons. The normalized spacial score (nSPS) is 21.2. The number of esters is 1. The number of hydrogen-bond acceptors (Lipinski definition) is 7. The van der Waals surface area contributed by atoms with Gasteiger partial charge in [-0.05, 0) is 42.3 Å². The van der Waals surface area contributed by atoms with Gasteiger partial charge < -0.3 is 24.3 Å². The molecule has 8 nitrogen and oxygen atoms in total. The van der Waals surface area contributed by atoms with E-state index in [1.54, 1.807) is 20.1 Å². The largest absolute Gasteiger partial charge is 0.497 e. The van der Waals surface area contributed by atoms with Gasteiger partial charge in [-0.15, -0.1) is 6.58 Å². The summed E-state index contributed by atoms with van der Waals surface area (Å²) >= 11 is 0. The number of nitrogens with zero attached hydrogens (tertiary/aromatic N) is 1. The number of carbonyl (C=O) groups is 2. The van der Waals surface area contributed by atoms with E-state index in [0.717, 1.165) is 16.9 Å². The van der Waals surface area contributed by atoms with Gasteiger partial charge in [0, 0.05) is 25.0 Å². The van der Waals surface area contributed by atoms with Gasteiger partial charge in [-0.2, -0.15) is 0 Å². The summed E-state index contributed by atoms with van der Waals surface area (Å²) in [6.07, 6.45) is 1.64. The molecule has 8 heteroatoms. The minimum atomic E-state index is -0.513. The lowest BCUT2D eigenvalue weighted by Gasteiger charge is -2.28. The van der Waals surface area contributed by atoms with Gasteiger partial charge >= 0.3 is 5.97 Å². The van der Waals surface area contributed by atoms with Gasteiger partial charge in [0.25, 0.3) is 0 Å². The Morgan fingerprint density at radius 1 is 1.15 bits per heavy atom. The van der Waals surface area contributed by atoms with Crippen molar-refractivity contribution in [3.8, 4) is 17.2 Å². The Labute approximate surface area is 199 Å². The van der Waals surface area contributed by atoms with Crippen molar-refractivity contribution in [2.45, 2.75) is 18.9 Å². The molecule has 2 aromatic rings. The quantitative estimate of drug-likeness (QED) is 0.449. The highest BCUT2D eigenvalue weighted by atomic mass is 16.7. The van der Waals surface area contributed by atoms with Crippen LogP contribution in [0, 0.1) is 5.92 Å². The average molecular weight is 467 g/mol. The molecule has 2 heterocycles. The molecule has 0 bridgehead atoms. The van der Waals surface area contributed by atoms with Crippen LogP contribution in [0.1, 0.15) is 30.0 Å². The van der Waals surface area contributed by atoms with Crippen LogP contribution in [0.5, 0.6) is 17.2 Å². The molecule has 0 aliphatic carbocycles. The van der Waals surface area contributed by atoms with Crippen LogP contribution in [0.15, 0.2) is 55.1 Å². The maximum atomic E-state index is 13.3. The number of methoxy groups -OCH3 is 1. The van der Waals surface area contributed by atoms with Crippen molar-refractivity contribution in [2.24, 2.45) is 5.92 Å². The van der Waals surface area contributed by atoms with Crippen molar-refractivity contribution in [3.05, 3.63) is 66.2 Å². The zero-order valence-corrected chi connectivity index (χ0v) is 19.5. The average Bonchev–Trinajstić information content (AvgIpc) is 3.47. The lowest BCUT2D eigenvalue weighted by molar-refractivity contribution is -0.149. The predicted octanol–water partition coefficient (Wildman–Crippen LogP) is 3.05. The minimum Gasteiger partial charge on any atom is -0.497 e. The molecule has 1 N–H and O–H groups in total. The van der Waals surface area contributed by atoms with Crippen LogP contribution in [-0.2, 0) is 14.3 Å². The van der Waals surface area contributed by atoms with Crippen LogP contribution in [-0.4, -0.2) is 56.9 Å². The molecule has 2 aromatic carbocycles. The van der Waals surface area contributed by atoms with E-state index in [9.17, 15) is 9.59 Å². The second kappa shape index (κ2) is 10.6. The van der Waals surface area contributed by atoms with Crippen LogP contribution in [0.25, 0.3) is 0 Å². The number of nitrogens with one attached hydrogen (secondary N) is 1. The second-order valence-electron chi connectivity index (χ2n) is 8.24. The maximum Gasteiger partial charge on any atom is 0.311 e. The monoisotopic (exact) mass is 466 g/mol. The Hall–Kier alpha value is -3.52. The molecule has 1 amide bonds. The van der Waals surface area contributed by atoms with Crippen molar-refractivity contribution in [3.63, 3.8) is 0 Å². The van der Waals surface area contributed by atoms with Gasteiger partial charge in [-0.25, -0.2) is 0 Å². The van der Waals surface area contributed by atoms with Gasteiger partial charge in [0.1, 0.15) is 5.75 Å². The van der Waals surface area contributed by atoms with Gasteiger partial charge in [0.2, 0.25) is 12.7 Å². The third kappa shape index (κ3) is 4.87.